The number of ketones is 2. The fourth-order valence-corrected chi connectivity index (χ4v) is 6.82. The van der Waals surface area contributed by atoms with E-state index in [-0.39, 0.29) is 34.2 Å². The maximum Gasteiger partial charge on any atom is 0.193 e. The highest BCUT2D eigenvalue weighted by atomic mass is 16.5. The van der Waals surface area contributed by atoms with Crippen LogP contribution in [0.25, 0.3) is 6.08 Å². The van der Waals surface area contributed by atoms with Crippen LogP contribution < -0.4 is 18.9 Å². The number of carbonyl (C=O) groups is 3. The van der Waals surface area contributed by atoms with Gasteiger partial charge in [-0.25, -0.2) is 0 Å². The van der Waals surface area contributed by atoms with Crippen LogP contribution in [0.15, 0.2) is 200 Å². The summed E-state index contributed by atoms with van der Waals surface area (Å²) in [5, 5.41) is 20.3. The fraction of sp³-hybridized carbons (Fsp3) is 0.117. The summed E-state index contributed by atoms with van der Waals surface area (Å²) in [5.41, 5.74) is 7.78. The van der Waals surface area contributed by atoms with Gasteiger partial charge in [-0.1, -0.05) is 140 Å². The molecule has 0 saturated heterocycles. The predicted molar refractivity (Wildman–Crippen MR) is 270 cm³/mol. The molecule has 8 aromatic carbocycles. The highest BCUT2D eigenvalue weighted by molar-refractivity contribution is 6.10. The summed E-state index contributed by atoms with van der Waals surface area (Å²) in [5.74, 6) is 1.65. The minimum Gasteiger partial charge on any atom is -0.507 e. The summed E-state index contributed by atoms with van der Waals surface area (Å²) in [4.78, 5) is 35.0. The van der Waals surface area contributed by atoms with Crippen LogP contribution in [0.4, 0.5) is 0 Å². The third-order valence-electron chi connectivity index (χ3n) is 10.3. The molecule has 0 radical (unpaired) electrons. The number of rotatable bonds is 17. The van der Waals surface area contributed by atoms with Crippen LogP contribution in [-0.2, 0) is 26.4 Å². The summed E-state index contributed by atoms with van der Waals surface area (Å²) >= 11 is 0. The molecule has 0 aromatic heterocycles. The first kappa shape index (κ1) is 49.7. The van der Waals surface area contributed by atoms with Gasteiger partial charge in [0, 0.05) is 5.56 Å². The van der Waals surface area contributed by atoms with Gasteiger partial charge in [0.1, 0.15) is 78.3 Å². The lowest BCUT2D eigenvalue weighted by molar-refractivity contribution is 0.100. The molecule has 0 fully saturated rings. The van der Waals surface area contributed by atoms with Gasteiger partial charge in [-0.2, -0.15) is 0 Å². The largest absolute Gasteiger partial charge is 0.507 e. The first-order chi connectivity index (χ1) is 33.5. The van der Waals surface area contributed by atoms with Gasteiger partial charge in [-0.05, 0) is 126 Å². The van der Waals surface area contributed by atoms with Crippen molar-refractivity contribution in [2.45, 2.75) is 47.2 Å². The van der Waals surface area contributed by atoms with Crippen molar-refractivity contribution in [3.63, 3.8) is 0 Å². The molecule has 8 rings (SSSR count). The van der Waals surface area contributed by atoms with Crippen LogP contribution in [0, 0.1) is 13.8 Å². The zero-order valence-electron chi connectivity index (χ0n) is 38.8. The van der Waals surface area contributed by atoms with Crippen molar-refractivity contribution in [1.29, 1.82) is 0 Å². The lowest BCUT2D eigenvalue weighted by Crippen LogP contribution is -2.03. The number of benzene rings is 8. The van der Waals surface area contributed by atoms with Gasteiger partial charge >= 0.3 is 0 Å². The van der Waals surface area contributed by atoms with E-state index in [2.05, 4.69) is 0 Å². The SMILES string of the molecule is CC(=O)c1c(O)cc(C)cc1OCc1ccccc1.Cc1cc(O)c(C(=O)/C=C/c2ccc(OCc3ccccc3)cc2)c(OCc2ccccc2)c1.O=Cc1ccc(OCc2ccccc2)cc1. The van der Waals surface area contributed by atoms with Gasteiger partial charge in [0.05, 0.1) is 0 Å². The number of allylic oxidation sites excluding steroid dienone is 1. The first-order valence-electron chi connectivity index (χ1n) is 22.3. The highest BCUT2D eigenvalue weighted by Crippen LogP contribution is 2.32. The average Bonchev–Trinajstić information content (AvgIpc) is 3.37. The minimum atomic E-state index is -0.329. The van der Waals surface area contributed by atoms with E-state index in [0.29, 0.717) is 43.5 Å². The zero-order chi connectivity index (χ0) is 48.8. The maximum atomic E-state index is 13.0. The van der Waals surface area contributed by atoms with Crippen molar-refractivity contribution in [3.8, 4) is 34.5 Å². The Balaban J connectivity index is 0.000000188. The number of hydrogen-bond acceptors (Lipinski definition) is 9. The van der Waals surface area contributed by atoms with Crippen molar-refractivity contribution < 1.29 is 43.5 Å². The van der Waals surface area contributed by atoms with E-state index in [1.807, 2.05) is 159 Å². The summed E-state index contributed by atoms with van der Waals surface area (Å²) in [6, 6.07) is 60.5. The quantitative estimate of drug-likeness (QED) is 0.0521. The fourth-order valence-electron chi connectivity index (χ4n) is 6.82. The van der Waals surface area contributed by atoms with Crippen LogP contribution in [-0.4, -0.2) is 28.1 Å². The number of phenolic OH excluding ortho intramolecular Hbond substituents is 2. The summed E-state index contributed by atoms with van der Waals surface area (Å²) in [6.45, 7) is 6.82. The van der Waals surface area contributed by atoms with Crippen molar-refractivity contribution >= 4 is 23.9 Å². The number of ether oxygens (including phenoxy) is 4. The van der Waals surface area contributed by atoms with Gasteiger partial charge < -0.3 is 29.2 Å². The Morgan fingerprint density at radius 2 is 0.797 bits per heavy atom. The molecule has 0 amide bonds. The number of hydrogen-bond donors (Lipinski definition) is 2. The van der Waals surface area contributed by atoms with Gasteiger partial charge in [0.25, 0.3) is 0 Å². The molecule has 9 heteroatoms. The number of carbonyl (C=O) groups excluding carboxylic acids is 3. The van der Waals surface area contributed by atoms with Crippen LogP contribution >= 0.6 is 0 Å². The topological polar surface area (TPSA) is 129 Å². The molecule has 0 aliphatic heterocycles. The third kappa shape index (κ3) is 16.0. The normalized spacial score (nSPS) is 10.4. The minimum absolute atomic E-state index is 0.0319. The maximum absolute atomic E-state index is 13.0. The molecule has 2 N–H and O–H groups in total. The molecule has 8 aromatic rings. The van der Waals surface area contributed by atoms with Gasteiger partial charge in [0.15, 0.2) is 11.6 Å². The molecule has 348 valence electrons. The molecule has 0 aliphatic carbocycles. The molecule has 0 spiro atoms. The molecule has 9 nitrogen and oxygen atoms in total. The molecule has 69 heavy (non-hydrogen) atoms. The molecule has 0 saturated carbocycles. The van der Waals surface area contributed by atoms with Crippen molar-refractivity contribution in [1.82, 2.24) is 0 Å². The van der Waals surface area contributed by atoms with Gasteiger partial charge in [0.2, 0.25) is 0 Å². The average molecular weight is 919 g/mol. The Kier molecular flexibility index (Phi) is 18.6. The molecule has 0 unspecified atom stereocenters. The van der Waals surface area contributed by atoms with Crippen molar-refractivity contribution in [3.05, 3.63) is 256 Å². The predicted octanol–water partition coefficient (Wildman–Crippen LogP) is 13.3. The second kappa shape index (κ2) is 25.9. The lowest BCUT2D eigenvalue weighted by atomic mass is 10.0. The number of aromatic hydroxyl groups is 2. The van der Waals surface area contributed by atoms with Crippen LogP contribution in [0.5, 0.6) is 34.5 Å². The smallest absolute Gasteiger partial charge is 0.193 e. The second-order valence-electron chi connectivity index (χ2n) is 15.9. The first-order valence-corrected chi connectivity index (χ1v) is 22.3. The second-order valence-corrected chi connectivity index (χ2v) is 15.9. The summed E-state index contributed by atoms with van der Waals surface area (Å²) < 4.78 is 23.0. The molecule has 0 atom stereocenters. The molecular formula is C60H54O9. The van der Waals surface area contributed by atoms with E-state index in [4.69, 9.17) is 18.9 Å². The number of phenols is 2. The zero-order valence-corrected chi connectivity index (χ0v) is 38.8. The van der Waals surface area contributed by atoms with E-state index in [0.717, 1.165) is 56.7 Å². The highest BCUT2D eigenvalue weighted by Gasteiger charge is 2.18. The van der Waals surface area contributed by atoms with E-state index < -0.39 is 0 Å². The standard InChI is InChI=1S/C30H26O4.C16H16O3.C14H12O2/c1-22-18-28(32)30(29(19-22)34-21-25-10-6-3-7-11-25)27(31)17-14-23-12-15-26(16-13-23)33-20-24-8-4-2-5-9-24;1-11-8-14(18)16(12(2)17)15(9-11)19-10-13-6-4-3-5-7-13;15-10-12-6-8-14(9-7-12)16-11-13-4-2-1-3-5-13/h2-19,32H,20-21H2,1H3;3-9,18H,10H2,1-2H3;1-10H,11H2/b17-14+;;. The Morgan fingerprint density at radius 1 is 0.449 bits per heavy atom. The van der Waals surface area contributed by atoms with Gasteiger partial charge in [-0.15, -0.1) is 0 Å². The van der Waals surface area contributed by atoms with E-state index in [1.165, 1.54) is 13.0 Å². The monoisotopic (exact) mass is 918 g/mol. The number of aldehydes is 1. The van der Waals surface area contributed by atoms with Crippen LogP contribution in [0.3, 0.4) is 0 Å². The molecule has 0 aliphatic rings. The number of aryl methyl sites for hydroxylation is 2. The lowest BCUT2D eigenvalue weighted by Gasteiger charge is -2.12. The number of Topliss-reactive ketones (excluding diaryl/α,β-unsaturated/α-hetero) is 1. The van der Waals surface area contributed by atoms with Crippen LogP contribution in [0.2, 0.25) is 0 Å². The van der Waals surface area contributed by atoms with E-state index in [1.54, 1.807) is 54.6 Å². The molecule has 0 heterocycles. The Morgan fingerprint density at radius 3 is 1.17 bits per heavy atom. The van der Waals surface area contributed by atoms with E-state index >= 15 is 0 Å². The molecular weight excluding hydrogens is 865 g/mol. The van der Waals surface area contributed by atoms with Crippen molar-refractivity contribution in [2.24, 2.45) is 0 Å². The summed E-state index contributed by atoms with van der Waals surface area (Å²) in [7, 11) is 0. The Bertz CT molecular complexity index is 2900. The summed E-state index contributed by atoms with van der Waals surface area (Å²) in [6.07, 6.45) is 3.98. The third-order valence-corrected chi connectivity index (χ3v) is 10.3. The van der Waals surface area contributed by atoms with Crippen LogP contribution in [0.1, 0.15) is 76.9 Å². The van der Waals surface area contributed by atoms with Gasteiger partial charge in [-0.3, -0.25) is 14.4 Å². The Labute approximate surface area is 403 Å². The Hall–Kier alpha value is -8.69. The van der Waals surface area contributed by atoms with Crippen molar-refractivity contribution in [2.75, 3.05) is 0 Å². The van der Waals surface area contributed by atoms with E-state index in [9.17, 15) is 24.6 Å². The molecule has 0 bridgehead atoms.